The number of nitro benzene ring substituents is 1. The SMILES string of the molecule is CCC(Cl)Cc1ccc(C)cc1[N+](=O)[O-]. The second-order valence-corrected chi connectivity index (χ2v) is 4.22. The Balaban J connectivity index is 3.01. The smallest absolute Gasteiger partial charge is 0.258 e. The van der Waals surface area contributed by atoms with Gasteiger partial charge in [-0.2, -0.15) is 0 Å². The minimum Gasteiger partial charge on any atom is -0.258 e. The van der Waals surface area contributed by atoms with Gasteiger partial charge in [-0.15, -0.1) is 11.6 Å². The van der Waals surface area contributed by atoms with Gasteiger partial charge in [0.1, 0.15) is 0 Å². The third-order valence-electron chi connectivity index (χ3n) is 2.32. The van der Waals surface area contributed by atoms with E-state index in [0.29, 0.717) is 12.0 Å². The lowest BCUT2D eigenvalue weighted by Gasteiger charge is -2.07. The van der Waals surface area contributed by atoms with Crippen molar-refractivity contribution in [3.05, 3.63) is 39.4 Å². The Morgan fingerprint density at radius 2 is 2.20 bits per heavy atom. The van der Waals surface area contributed by atoms with Gasteiger partial charge in [0, 0.05) is 17.0 Å². The van der Waals surface area contributed by atoms with E-state index in [4.69, 9.17) is 11.6 Å². The molecule has 1 unspecified atom stereocenters. The molecule has 0 aromatic heterocycles. The summed E-state index contributed by atoms with van der Waals surface area (Å²) in [6.07, 6.45) is 1.36. The van der Waals surface area contributed by atoms with Gasteiger partial charge in [-0.3, -0.25) is 10.1 Å². The molecule has 0 radical (unpaired) electrons. The van der Waals surface area contributed by atoms with Crippen LogP contribution in [-0.2, 0) is 6.42 Å². The lowest BCUT2D eigenvalue weighted by Crippen LogP contribution is -2.04. The first-order valence-corrected chi connectivity index (χ1v) is 5.36. The summed E-state index contributed by atoms with van der Waals surface area (Å²) in [5.74, 6) is 0. The van der Waals surface area contributed by atoms with Crippen LogP contribution < -0.4 is 0 Å². The fourth-order valence-electron chi connectivity index (χ4n) is 1.40. The summed E-state index contributed by atoms with van der Waals surface area (Å²) in [4.78, 5) is 10.5. The van der Waals surface area contributed by atoms with Crippen LogP contribution in [0.2, 0.25) is 0 Å². The number of aryl methyl sites for hydroxylation is 1. The molecule has 0 bridgehead atoms. The second-order valence-electron chi connectivity index (χ2n) is 3.60. The Kier molecular flexibility index (Phi) is 4.09. The van der Waals surface area contributed by atoms with Crippen molar-refractivity contribution in [3.63, 3.8) is 0 Å². The molecule has 0 spiro atoms. The third-order valence-corrected chi connectivity index (χ3v) is 2.78. The van der Waals surface area contributed by atoms with Crippen LogP contribution in [0.1, 0.15) is 24.5 Å². The molecule has 1 rings (SSSR count). The topological polar surface area (TPSA) is 43.1 Å². The van der Waals surface area contributed by atoms with E-state index in [9.17, 15) is 10.1 Å². The van der Waals surface area contributed by atoms with Crippen molar-refractivity contribution < 1.29 is 4.92 Å². The molecule has 0 saturated carbocycles. The zero-order valence-corrected chi connectivity index (χ0v) is 9.62. The van der Waals surface area contributed by atoms with Crippen molar-refractivity contribution in [2.75, 3.05) is 0 Å². The molecule has 0 amide bonds. The van der Waals surface area contributed by atoms with Gasteiger partial charge in [0.05, 0.1) is 4.92 Å². The summed E-state index contributed by atoms with van der Waals surface area (Å²) in [6.45, 7) is 3.81. The maximum Gasteiger partial charge on any atom is 0.272 e. The van der Waals surface area contributed by atoms with Gasteiger partial charge in [0.15, 0.2) is 0 Å². The Hall–Kier alpha value is -1.09. The number of alkyl halides is 1. The molecule has 0 aliphatic rings. The van der Waals surface area contributed by atoms with E-state index in [0.717, 1.165) is 12.0 Å². The van der Waals surface area contributed by atoms with Crippen molar-refractivity contribution in [2.24, 2.45) is 0 Å². The molecule has 0 N–H and O–H groups in total. The summed E-state index contributed by atoms with van der Waals surface area (Å²) in [5, 5.41) is 10.8. The highest BCUT2D eigenvalue weighted by Gasteiger charge is 2.15. The van der Waals surface area contributed by atoms with E-state index in [1.54, 1.807) is 12.1 Å². The van der Waals surface area contributed by atoms with Crippen LogP contribution in [0.15, 0.2) is 18.2 Å². The maximum atomic E-state index is 10.8. The summed E-state index contributed by atoms with van der Waals surface area (Å²) in [7, 11) is 0. The molecule has 1 aromatic rings. The predicted octanol–water partition coefficient (Wildman–Crippen LogP) is 3.46. The standard InChI is InChI=1S/C11H14ClNO2/c1-3-10(12)7-9-5-4-8(2)6-11(9)13(14)15/h4-6,10H,3,7H2,1-2H3. The number of hydrogen-bond acceptors (Lipinski definition) is 2. The largest absolute Gasteiger partial charge is 0.272 e. The summed E-state index contributed by atoms with van der Waals surface area (Å²) < 4.78 is 0. The van der Waals surface area contributed by atoms with Crippen LogP contribution in [0.5, 0.6) is 0 Å². The van der Waals surface area contributed by atoms with E-state index in [1.165, 1.54) is 0 Å². The number of benzene rings is 1. The van der Waals surface area contributed by atoms with Gasteiger partial charge < -0.3 is 0 Å². The monoisotopic (exact) mass is 227 g/mol. The Morgan fingerprint density at radius 3 is 2.73 bits per heavy atom. The van der Waals surface area contributed by atoms with Gasteiger partial charge in [0.2, 0.25) is 0 Å². The van der Waals surface area contributed by atoms with Gasteiger partial charge >= 0.3 is 0 Å². The first-order valence-electron chi connectivity index (χ1n) is 4.92. The number of nitrogens with zero attached hydrogens (tertiary/aromatic N) is 1. The van der Waals surface area contributed by atoms with Crippen LogP contribution in [0.3, 0.4) is 0 Å². The Bertz CT molecular complexity index is 366. The van der Waals surface area contributed by atoms with Gasteiger partial charge in [0.25, 0.3) is 5.69 Å². The number of hydrogen-bond donors (Lipinski definition) is 0. The zero-order chi connectivity index (χ0) is 11.4. The fraction of sp³-hybridized carbons (Fsp3) is 0.455. The summed E-state index contributed by atoms with van der Waals surface area (Å²) in [6, 6.07) is 5.26. The molecule has 82 valence electrons. The predicted molar refractivity (Wildman–Crippen MR) is 61.5 cm³/mol. The first kappa shape index (κ1) is 12.0. The Morgan fingerprint density at radius 1 is 1.53 bits per heavy atom. The highest BCUT2D eigenvalue weighted by molar-refractivity contribution is 6.20. The molecule has 0 aliphatic carbocycles. The first-order chi connectivity index (χ1) is 7.04. The van der Waals surface area contributed by atoms with Crippen LogP contribution in [0.25, 0.3) is 0 Å². The molecule has 1 atom stereocenters. The van der Waals surface area contributed by atoms with E-state index in [1.807, 2.05) is 19.9 Å². The van der Waals surface area contributed by atoms with Crippen molar-refractivity contribution in [1.82, 2.24) is 0 Å². The maximum absolute atomic E-state index is 10.8. The molecule has 0 heterocycles. The molecule has 3 nitrogen and oxygen atoms in total. The third kappa shape index (κ3) is 3.20. The van der Waals surface area contributed by atoms with E-state index in [2.05, 4.69) is 0 Å². The van der Waals surface area contributed by atoms with E-state index in [-0.39, 0.29) is 16.0 Å². The van der Waals surface area contributed by atoms with Crippen molar-refractivity contribution in [2.45, 2.75) is 32.1 Å². The minimum absolute atomic E-state index is 0.0357. The highest BCUT2D eigenvalue weighted by Crippen LogP contribution is 2.23. The lowest BCUT2D eigenvalue weighted by atomic mass is 10.0. The lowest BCUT2D eigenvalue weighted by molar-refractivity contribution is -0.385. The van der Waals surface area contributed by atoms with Crippen LogP contribution in [0.4, 0.5) is 5.69 Å². The van der Waals surface area contributed by atoms with Crippen molar-refractivity contribution >= 4 is 17.3 Å². The van der Waals surface area contributed by atoms with Crippen LogP contribution >= 0.6 is 11.6 Å². The number of halogens is 1. The number of rotatable bonds is 4. The van der Waals surface area contributed by atoms with Crippen LogP contribution in [0, 0.1) is 17.0 Å². The number of nitro groups is 1. The van der Waals surface area contributed by atoms with Gasteiger partial charge in [-0.05, 0) is 25.3 Å². The molecular formula is C11H14ClNO2. The summed E-state index contributed by atoms with van der Waals surface area (Å²) in [5.41, 5.74) is 1.79. The molecule has 4 heteroatoms. The van der Waals surface area contributed by atoms with Gasteiger partial charge in [-0.25, -0.2) is 0 Å². The molecule has 15 heavy (non-hydrogen) atoms. The molecule has 0 fully saturated rings. The average molecular weight is 228 g/mol. The molecule has 0 aliphatic heterocycles. The normalized spacial score (nSPS) is 12.5. The minimum atomic E-state index is -0.346. The Labute approximate surface area is 94.2 Å². The quantitative estimate of drug-likeness (QED) is 0.449. The van der Waals surface area contributed by atoms with E-state index < -0.39 is 0 Å². The summed E-state index contributed by atoms with van der Waals surface area (Å²) >= 11 is 5.99. The van der Waals surface area contributed by atoms with Crippen LogP contribution in [-0.4, -0.2) is 10.3 Å². The molecule has 1 aromatic carbocycles. The van der Waals surface area contributed by atoms with Crippen molar-refractivity contribution in [3.8, 4) is 0 Å². The molecule has 0 saturated heterocycles. The van der Waals surface area contributed by atoms with Crippen molar-refractivity contribution in [1.29, 1.82) is 0 Å². The fourth-order valence-corrected chi connectivity index (χ4v) is 1.57. The second kappa shape index (κ2) is 5.12. The average Bonchev–Trinajstić information content (AvgIpc) is 2.20. The van der Waals surface area contributed by atoms with E-state index >= 15 is 0 Å². The molecular weight excluding hydrogens is 214 g/mol. The zero-order valence-electron chi connectivity index (χ0n) is 8.87. The highest BCUT2D eigenvalue weighted by atomic mass is 35.5. The van der Waals surface area contributed by atoms with Gasteiger partial charge in [-0.1, -0.05) is 19.1 Å².